The summed E-state index contributed by atoms with van der Waals surface area (Å²) >= 11 is 0. The third kappa shape index (κ3) is 7.31. The first-order valence-corrected chi connectivity index (χ1v) is 12.0. The molecule has 0 saturated heterocycles. The molecule has 0 unspecified atom stereocenters. The number of aliphatic hydroxyl groups excluding tert-OH is 1. The van der Waals surface area contributed by atoms with E-state index in [4.69, 9.17) is 19.3 Å². The van der Waals surface area contributed by atoms with Crippen LogP contribution in [0.2, 0.25) is 0 Å². The van der Waals surface area contributed by atoms with Crippen molar-refractivity contribution in [2.75, 3.05) is 27.4 Å². The molecule has 0 radical (unpaired) electrons. The molecule has 1 atom stereocenters. The molecule has 0 fully saturated rings. The van der Waals surface area contributed by atoms with Crippen molar-refractivity contribution in [2.24, 2.45) is 0 Å². The molecule has 0 heterocycles. The minimum atomic E-state index is -1.08. The van der Waals surface area contributed by atoms with Crippen molar-refractivity contribution in [1.82, 2.24) is 5.32 Å². The number of rotatable bonds is 14. The average Bonchev–Trinajstić information content (AvgIpc) is 2.93. The van der Waals surface area contributed by atoms with Gasteiger partial charge in [-0.05, 0) is 47.4 Å². The second-order valence-corrected chi connectivity index (χ2v) is 8.52. The largest absolute Gasteiger partial charge is 0.497 e. The molecule has 0 bridgehead atoms. The van der Waals surface area contributed by atoms with Gasteiger partial charge >= 0.3 is 5.97 Å². The number of nitrogens with one attached hydrogen (secondary N) is 1. The molecule has 37 heavy (non-hydrogen) atoms. The standard InChI is InChI=1S/C29H33NO7/c1-35-25-15-11-22(12-16-25)29(21-7-4-3-5-8-21,23-13-17-26(36-2)18-14-23)37-20-24(31)19-30-27(32)9-6-10-28(33)34/h3-5,7-8,11-18,24,31H,6,9-10,19-20H2,1-2H3,(H,30,32)(H,33,34)/t24-/m1/s1. The molecule has 0 aliphatic rings. The van der Waals surface area contributed by atoms with Gasteiger partial charge in [-0.2, -0.15) is 0 Å². The Morgan fingerprint density at radius 1 is 0.811 bits per heavy atom. The molecule has 0 aromatic heterocycles. The van der Waals surface area contributed by atoms with Crippen LogP contribution in [0.4, 0.5) is 0 Å². The van der Waals surface area contributed by atoms with Gasteiger partial charge in [0.15, 0.2) is 0 Å². The summed E-state index contributed by atoms with van der Waals surface area (Å²) < 4.78 is 17.3. The van der Waals surface area contributed by atoms with Gasteiger partial charge in [-0.15, -0.1) is 0 Å². The highest BCUT2D eigenvalue weighted by molar-refractivity contribution is 5.76. The Balaban J connectivity index is 1.89. The molecule has 0 saturated carbocycles. The minimum Gasteiger partial charge on any atom is -0.497 e. The second-order valence-electron chi connectivity index (χ2n) is 8.52. The molecule has 8 heteroatoms. The normalized spacial score (nSPS) is 12.0. The van der Waals surface area contributed by atoms with Crippen molar-refractivity contribution in [3.8, 4) is 11.5 Å². The molecule has 3 aromatic rings. The van der Waals surface area contributed by atoms with E-state index < -0.39 is 17.7 Å². The third-order valence-corrected chi connectivity index (χ3v) is 5.99. The van der Waals surface area contributed by atoms with Crippen LogP contribution in [0.25, 0.3) is 0 Å². The highest BCUT2D eigenvalue weighted by atomic mass is 16.5. The lowest BCUT2D eigenvalue weighted by atomic mass is 9.80. The first-order valence-electron chi connectivity index (χ1n) is 12.0. The quantitative estimate of drug-likeness (QED) is 0.285. The Morgan fingerprint density at radius 3 is 1.81 bits per heavy atom. The zero-order valence-electron chi connectivity index (χ0n) is 21.1. The SMILES string of the molecule is COc1ccc(C(OC[C@H](O)CNC(=O)CCCC(=O)O)(c2ccccc2)c2ccc(OC)cc2)cc1. The van der Waals surface area contributed by atoms with E-state index in [1.165, 1.54) is 0 Å². The van der Waals surface area contributed by atoms with Gasteiger partial charge in [0.1, 0.15) is 17.1 Å². The fourth-order valence-corrected chi connectivity index (χ4v) is 4.07. The molecule has 196 valence electrons. The summed E-state index contributed by atoms with van der Waals surface area (Å²) in [5, 5.41) is 22.1. The molecule has 0 spiro atoms. The lowest BCUT2D eigenvalue weighted by Gasteiger charge is -2.36. The molecule has 3 rings (SSSR count). The van der Waals surface area contributed by atoms with Crippen molar-refractivity contribution in [3.63, 3.8) is 0 Å². The van der Waals surface area contributed by atoms with E-state index in [1.54, 1.807) is 14.2 Å². The number of carbonyl (C=O) groups excluding carboxylic acids is 1. The van der Waals surface area contributed by atoms with E-state index in [-0.39, 0.29) is 38.3 Å². The first kappa shape index (κ1) is 27.7. The molecular formula is C29H33NO7. The predicted octanol–water partition coefficient (Wildman–Crippen LogP) is 3.74. The van der Waals surface area contributed by atoms with Gasteiger partial charge in [0.2, 0.25) is 5.91 Å². The Bertz CT molecular complexity index is 1080. The Morgan fingerprint density at radius 2 is 1.32 bits per heavy atom. The van der Waals surface area contributed by atoms with E-state index in [1.807, 2.05) is 78.9 Å². The number of aliphatic carboxylic acids is 1. The van der Waals surface area contributed by atoms with Crippen LogP contribution in [0, 0.1) is 0 Å². The maximum atomic E-state index is 12.0. The monoisotopic (exact) mass is 507 g/mol. The van der Waals surface area contributed by atoms with Crippen LogP contribution in [-0.2, 0) is 19.9 Å². The van der Waals surface area contributed by atoms with Crippen LogP contribution in [0.3, 0.4) is 0 Å². The summed E-state index contributed by atoms with van der Waals surface area (Å²) in [4.78, 5) is 22.7. The number of hydrogen-bond acceptors (Lipinski definition) is 6. The maximum Gasteiger partial charge on any atom is 0.303 e. The number of benzene rings is 3. The molecule has 1 amide bonds. The van der Waals surface area contributed by atoms with E-state index in [9.17, 15) is 14.7 Å². The number of methoxy groups -OCH3 is 2. The fraction of sp³-hybridized carbons (Fsp3) is 0.310. The number of carbonyl (C=O) groups is 2. The number of carboxylic acids is 1. The number of ether oxygens (including phenoxy) is 3. The third-order valence-electron chi connectivity index (χ3n) is 5.99. The number of carboxylic acid groups (broad SMARTS) is 1. The van der Waals surface area contributed by atoms with Gasteiger partial charge in [0.05, 0.1) is 26.9 Å². The maximum absolute atomic E-state index is 12.0. The first-order chi connectivity index (χ1) is 17.9. The zero-order valence-corrected chi connectivity index (χ0v) is 21.1. The van der Waals surface area contributed by atoms with Crippen LogP contribution in [0.1, 0.15) is 36.0 Å². The van der Waals surface area contributed by atoms with Crippen molar-refractivity contribution in [1.29, 1.82) is 0 Å². The van der Waals surface area contributed by atoms with Gasteiger partial charge in [-0.25, -0.2) is 0 Å². The van der Waals surface area contributed by atoms with Gasteiger partial charge in [-0.3, -0.25) is 9.59 Å². The Labute approximate surface area is 216 Å². The minimum absolute atomic E-state index is 0.0258. The summed E-state index contributed by atoms with van der Waals surface area (Å²) in [5.74, 6) is 0.132. The summed E-state index contributed by atoms with van der Waals surface area (Å²) in [6.45, 7) is -0.107. The van der Waals surface area contributed by atoms with Gasteiger partial charge in [-0.1, -0.05) is 54.6 Å². The fourth-order valence-electron chi connectivity index (χ4n) is 4.07. The number of aliphatic hydroxyl groups is 1. The number of amides is 1. The van der Waals surface area contributed by atoms with Crippen molar-refractivity contribution in [3.05, 3.63) is 95.6 Å². The van der Waals surface area contributed by atoms with E-state index in [2.05, 4.69) is 5.32 Å². The highest BCUT2D eigenvalue weighted by Gasteiger charge is 2.38. The van der Waals surface area contributed by atoms with Crippen molar-refractivity contribution < 1.29 is 34.0 Å². The molecule has 3 aromatic carbocycles. The summed E-state index contributed by atoms with van der Waals surface area (Å²) in [6, 6.07) is 24.8. The second kappa shape index (κ2) is 13.4. The van der Waals surface area contributed by atoms with Crippen LogP contribution < -0.4 is 14.8 Å². The zero-order chi connectivity index (χ0) is 26.7. The summed E-state index contributed by atoms with van der Waals surface area (Å²) in [6.07, 6.45) is -0.767. The topological polar surface area (TPSA) is 114 Å². The predicted molar refractivity (Wildman–Crippen MR) is 139 cm³/mol. The molecular weight excluding hydrogens is 474 g/mol. The van der Waals surface area contributed by atoms with Gasteiger partial charge < -0.3 is 29.7 Å². The van der Waals surface area contributed by atoms with E-state index >= 15 is 0 Å². The molecule has 0 aliphatic carbocycles. The average molecular weight is 508 g/mol. The summed E-state index contributed by atoms with van der Waals surface area (Å²) in [5.41, 5.74) is 1.44. The summed E-state index contributed by atoms with van der Waals surface area (Å²) in [7, 11) is 3.21. The van der Waals surface area contributed by atoms with Crippen LogP contribution in [-0.4, -0.2) is 55.6 Å². The smallest absolute Gasteiger partial charge is 0.303 e. The van der Waals surface area contributed by atoms with E-state index in [0.717, 1.165) is 16.7 Å². The van der Waals surface area contributed by atoms with Crippen molar-refractivity contribution in [2.45, 2.75) is 31.0 Å². The molecule has 3 N–H and O–H groups in total. The highest BCUT2D eigenvalue weighted by Crippen LogP contribution is 2.41. The van der Waals surface area contributed by atoms with Crippen LogP contribution in [0.5, 0.6) is 11.5 Å². The van der Waals surface area contributed by atoms with Crippen LogP contribution in [0.15, 0.2) is 78.9 Å². The van der Waals surface area contributed by atoms with Crippen LogP contribution >= 0.6 is 0 Å². The van der Waals surface area contributed by atoms with Crippen molar-refractivity contribution >= 4 is 11.9 Å². The number of hydrogen-bond donors (Lipinski definition) is 3. The lowest BCUT2D eigenvalue weighted by molar-refractivity contribution is -0.137. The Kier molecular flexibility index (Phi) is 10.1. The van der Waals surface area contributed by atoms with E-state index in [0.29, 0.717) is 11.5 Å². The molecule has 0 aliphatic heterocycles. The lowest BCUT2D eigenvalue weighted by Crippen LogP contribution is -2.39. The van der Waals surface area contributed by atoms with Gasteiger partial charge in [0.25, 0.3) is 0 Å². The Hall–Kier alpha value is -3.88. The van der Waals surface area contributed by atoms with Gasteiger partial charge in [0, 0.05) is 19.4 Å². The molecule has 8 nitrogen and oxygen atoms in total.